The smallest absolute Gasteiger partial charge is 0.273 e. The molecule has 0 spiro atoms. The Morgan fingerprint density at radius 2 is 1.89 bits per heavy atom. The Hall–Kier alpha value is -3.66. The van der Waals surface area contributed by atoms with Crippen molar-refractivity contribution in [1.29, 1.82) is 0 Å². The zero-order valence-electron chi connectivity index (χ0n) is 14.9. The molecule has 2 heterocycles. The van der Waals surface area contributed by atoms with Crippen molar-refractivity contribution in [2.24, 2.45) is 0 Å². The van der Waals surface area contributed by atoms with E-state index in [1.54, 1.807) is 29.6 Å². The molecular weight excluding hydrogens is 380 g/mol. The predicted molar refractivity (Wildman–Crippen MR) is 105 cm³/mol. The lowest BCUT2D eigenvalue weighted by atomic mass is 10.1. The second-order valence-electron chi connectivity index (χ2n) is 6.09. The van der Waals surface area contributed by atoms with Crippen LogP contribution in [0, 0.1) is 24.0 Å². The summed E-state index contributed by atoms with van der Waals surface area (Å²) in [6.45, 7) is 3.39. The van der Waals surface area contributed by atoms with Crippen LogP contribution in [-0.2, 0) is 0 Å². The Morgan fingerprint density at radius 3 is 2.57 bits per heavy atom. The Balaban J connectivity index is 1.55. The number of nitrogens with one attached hydrogen (secondary N) is 1. The monoisotopic (exact) mass is 394 g/mol. The van der Waals surface area contributed by atoms with Crippen molar-refractivity contribution in [2.45, 2.75) is 13.8 Å². The van der Waals surface area contributed by atoms with Crippen LogP contribution in [0.3, 0.4) is 0 Å². The third-order valence-electron chi connectivity index (χ3n) is 4.28. The summed E-state index contributed by atoms with van der Waals surface area (Å²) in [6, 6.07) is 11.6. The molecule has 4 aromatic rings. The van der Waals surface area contributed by atoms with Gasteiger partial charge in [-0.05, 0) is 44.2 Å². The van der Waals surface area contributed by atoms with Gasteiger partial charge >= 0.3 is 0 Å². The number of anilines is 1. The van der Waals surface area contributed by atoms with E-state index in [0.29, 0.717) is 22.0 Å². The number of nitro groups is 1. The van der Waals surface area contributed by atoms with Gasteiger partial charge in [0.15, 0.2) is 5.82 Å². The molecule has 0 radical (unpaired) electrons. The van der Waals surface area contributed by atoms with Crippen LogP contribution < -0.4 is 5.32 Å². The number of carbonyl (C=O) groups excluding carboxylic acids is 1. The van der Waals surface area contributed by atoms with Gasteiger partial charge in [-0.3, -0.25) is 14.9 Å². The minimum Gasteiger partial charge on any atom is -0.322 e. The lowest BCUT2D eigenvalue weighted by Gasteiger charge is -2.08. The first-order chi connectivity index (χ1) is 13.4. The van der Waals surface area contributed by atoms with E-state index >= 15 is 0 Å². The highest BCUT2D eigenvalue weighted by Gasteiger charge is 2.18. The van der Waals surface area contributed by atoms with Crippen molar-refractivity contribution in [2.75, 3.05) is 5.32 Å². The molecule has 0 atom stereocenters. The largest absolute Gasteiger partial charge is 0.322 e. The van der Waals surface area contributed by atoms with Crippen molar-refractivity contribution in [3.63, 3.8) is 0 Å². The fourth-order valence-electron chi connectivity index (χ4n) is 2.79. The molecule has 0 saturated carbocycles. The van der Waals surface area contributed by atoms with E-state index in [9.17, 15) is 14.9 Å². The number of hydrogen-bond donors (Lipinski definition) is 1. The number of aryl methyl sites for hydroxylation is 1. The fraction of sp³-hybridized carbons (Fsp3) is 0.111. The third-order valence-corrected chi connectivity index (χ3v) is 5.23. The van der Waals surface area contributed by atoms with Crippen LogP contribution >= 0.6 is 11.3 Å². The van der Waals surface area contributed by atoms with Crippen LogP contribution in [-0.4, -0.2) is 30.6 Å². The maximum absolute atomic E-state index is 12.5. The summed E-state index contributed by atoms with van der Waals surface area (Å²) in [7, 11) is 0. The van der Waals surface area contributed by atoms with Crippen molar-refractivity contribution >= 4 is 33.6 Å². The molecule has 2 aromatic heterocycles. The van der Waals surface area contributed by atoms with Crippen LogP contribution in [0.1, 0.15) is 21.7 Å². The first-order valence-electron chi connectivity index (χ1n) is 8.28. The van der Waals surface area contributed by atoms with E-state index in [4.69, 9.17) is 0 Å². The maximum atomic E-state index is 12.5. The molecule has 4 rings (SSSR count). The van der Waals surface area contributed by atoms with E-state index in [2.05, 4.69) is 20.6 Å². The Kier molecular flexibility index (Phi) is 4.32. The summed E-state index contributed by atoms with van der Waals surface area (Å²) in [5.74, 6) is 0.317. The Labute approximate surface area is 162 Å². The molecule has 9 nitrogen and oxygen atoms in total. The molecule has 1 N–H and O–H groups in total. The summed E-state index contributed by atoms with van der Waals surface area (Å²) < 4.78 is 1.68. The molecule has 140 valence electrons. The molecule has 0 fully saturated rings. The predicted octanol–water partition coefficient (Wildman–Crippen LogP) is 3.63. The first-order valence-corrected chi connectivity index (χ1v) is 9.10. The Bertz CT molecular complexity index is 1210. The number of rotatable bonds is 4. The van der Waals surface area contributed by atoms with E-state index in [1.165, 1.54) is 23.5 Å². The van der Waals surface area contributed by atoms with Crippen molar-refractivity contribution < 1.29 is 9.72 Å². The van der Waals surface area contributed by atoms with Crippen LogP contribution in [0.5, 0.6) is 0 Å². The molecule has 0 aliphatic heterocycles. The third kappa shape index (κ3) is 3.09. The van der Waals surface area contributed by atoms with Crippen molar-refractivity contribution in [1.82, 2.24) is 19.8 Å². The quantitative estimate of drug-likeness (QED) is 0.417. The highest BCUT2D eigenvalue weighted by atomic mass is 32.1. The van der Waals surface area contributed by atoms with Crippen LogP contribution in [0.2, 0.25) is 0 Å². The number of benzene rings is 2. The summed E-state index contributed by atoms with van der Waals surface area (Å²) in [6.07, 6.45) is 0. The van der Waals surface area contributed by atoms with Gasteiger partial charge in [0.05, 0.1) is 4.92 Å². The number of fused-ring (bicyclic) bond motifs is 1. The lowest BCUT2D eigenvalue weighted by molar-refractivity contribution is -0.385. The standard InChI is InChI=1S/C18H14N6O3S/c1-10-14(4-3-5-15(10)24(26)27)16(25)19-13-8-6-12(7-9-13)17-22-23-11(2)20-21-18(23)28-17/h3-9H,1-2H3,(H,19,25). The number of nitrogens with zero attached hydrogens (tertiary/aromatic N) is 5. The first kappa shape index (κ1) is 17.7. The molecular formula is C18H14N6O3S. The van der Waals surface area contributed by atoms with Gasteiger partial charge < -0.3 is 5.32 Å². The molecule has 0 bridgehead atoms. The van der Waals surface area contributed by atoms with E-state index < -0.39 is 10.8 Å². The highest BCUT2D eigenvalue weighted by molar-refractivity contribution is 7.19. The number of carbonyl (C=O) groups is 1. The van der Waals surface area contributed by atoms with Gasteiger partial charge in [0.25, 0.3) is 11.6 Å². The van der Waals surface area contributed by atoms with Gasteiger partial charge in [-0.15, -0.1) is 10.2 Å². The molecule has 2 aromatic carbocycles. The summed E-state index contributed by atoms with van der Waals surface area (Å²) in [4.78, 5) is 23.8. The highest BCUT2D eigenvalue weighted by Crippen LogP contribution is 2.27. The Morgan fingerprint density at radius 1 is 1.14 bits per heavy atom. The van der Waals surface area contributed by atoms with Crippen molar-refractivity contribution in [3.8, 4) is 10.6 Å². The second-order valence-corrected chi connectivity index (χ2v) is 7.04. The lowest BCUT2D eigenvalue weighted by Crippen LogP contribution is -2.14. The van der Waals surface area contributed by atoms with E-state index in [-0.39, 0.29) is 11.3 Å². The molecule has 0 unspecified atom stereocenters. The van der Waals surface area contributed by atoms with Crippen molar-refractivity contribution in [3.05, 3.63) is 69.5 Å². The summed E-state index contributed by atoms with van der Waals surface area (Å²) >= 11 is 1.42. The summed E-state index contributed by atoms with van der Waals surface area (Å²) in [5, 5.41) is 27.1. The molecule has 0 aliphatic carbocycles. The number of aromatic nitrogens is 4. The normalized spacial score (nSPS) is 10.9. The summed E-state index contributed by atoms with van der Waals surface area (Å²) in [5.41, 5.74) is 1.99. The van der Waals surface area contributed by atoms with Crippen LogP contribution in [0.15, 0.2) is 42.5 Å². The van der Waals surface area contributed by atoms with Crippen LogP contribution in [0.25, 0.3) is 15.5 Å². The van der Waals surface area contributed by atoms with Gasteiger partial charge in [0.2, 0.25) is 4.96 Å². The van der Waals surface area contributed by atoms with Gasteiger partial charge in [-0.1, -0.05) is 17.4 Å². The second kappa shape index (κ2) is 6.82. The average molecular weight is 394 g/mol. The fourth-order valence-corrected chi connectivity index (χ4v) is 3.68. The zero-order chi connectivity index (χ0) is 19.8. The molecule has 0 aliphatic rings. The molecule has 0 saturated heterocycles. The topological polar surface area (TPSA) is 115 Å². The zero-order valence-corrected chi connectivity index (χ0v) is 15.7. The minimum atomic E-state index is -0.497. The SMILES string of the molecule is Cc1c(C(=O)Nc2ccc(-c3nn4c(C)nnc4s3)cc2)cccc1[N+](=O)[O-]. The average Bonchev–Trinajstić information content (AvgIpc) is 3.24. The van der Waals surface area contributed by atoms with Gasteiger partial charge in [0, 0.05) is 28.4 Å². The van der Waals surface area contributed by atoms with E-state index in [1.807, 2.05) is 19.1 Å². The maximum Gasteiger partial charge on any atom is 0.273 e. The number of nitro benzene ring substituents is 1. The molecule has 10 heteroatoms. The van der Waals surface area contributed by atoms with Crippen LogP contribution in [0.4, 0.5) is 11.4 Å². The molecule has 28 heavy (non-hydrogen) atoms. The van der Waals surface area contributed by atoms with Gasteiger partial charge in [-0.2, -0.15) is 9.61 Å². The van der Waals surface area contributed by atoms with Gasteiger partial charge in [-0.25, -0.2) is 0 Å². The minimum absolute atomic E-state index is 0.0819. The number of hydrogen-bond acceptors (Lipinski definition) is 7. The van der Waals surface area contributed by atoms with Gasteiger partial charge in [0.1, 0.15) is 5.01 Å². The van der Waals surface area contributed by atoms with E-state index in [0.717, 1.165) is 10.6 Å². The number of amides is 1. The molecule has 1 amide bonds.